The van der Waals surface area contributed by atoms with Crippen LogP contribution in [0, 0.1) is 0 Å². The normalized spacial score (nSPS) is 22.0. The van der Waals surface area contributed by atoms with E-state index in [1.54, 1.807) is 0 Å². The molecule has 1 aliphatic carbocycles. The molecular weight excluding hydrogens is 314 g/mol. The molecule has 0 unspecified atom stereocenters. The van der Waals surface area contributed by atoms with E-state index in [1.165, 1.54) is 49.0 Å². The number of hydrogen-bond donors (Lipinski definition) is 1. The number of urea groups is 1. The van der Waals surface area contributed by atoms with Gasteiger partial charge in [0.2, 0.25) is 0 Å². The molecule has 5 heteroatoms. The molecule has 0 aromatic heterocycles. The van der Waals surface area contributed by atoms with Gasteiger partial charge in [0.25, 0.3) is 0 Å². The third-order valence-electron chi connectivity index (χ3n) is 5.94. The van der Waals surface area contributed by atoms with Crippen molar-refractivity contribution >= 4 is 6.03 Å². The number of nitrogens with zero attached hydrogens (tertiary/aromatic N) is 2. The summed E-state index contributed by atoms with van der Waals surface area (Å²) in [5, 5.41) is 3.06. The minimum atomic E-state index is 0.0226. The van der Waals surface area contributed by atoms with Gasteiger partial charge in [0.15, 0.2) is 0 Å². The van der Waals surface area contributed by atoms with Crippen molar-refractivity contribution in [1.82, 2.24) is 15.1 Å². The molecule has 25 heavy (non-hydrogen) atoms. The Bertz CT molecular complexity index is 609. The first kappa shape index (κ1) is 16.9. The Hall–Kier alpha value is -1.59. The molecule has 4 rings (SSSR count). The van der Waals surface area contributed by atoms with Crippen LogP contribution in [0.3, 0.4) is 0 Å². The second kappa shape index (κ2) is 7.75. The third-order valence-corrected chi connectivity index (χ3v) is 5.94. The van der Waals surface area contributed by atoms with Gasteiger partial charge in [-0.2, -0.15) is 0 Å². The summed E-state index contributed by atoms with van der Waals surface area (Å²) in [6.45, 7) is 5.65. The minimum Gasteiger partial charge on any atom is -0.378 e. The molecule has 2 amide bonds. The summed E-state index contributed by atoms with van der Waals surface area (Å²) in [6, 6.07) is 7.61. The SMILES string of the molecule is O=C(NCc1ccc2c(c1)CCN(C1CCC1)CC2)N1CCOCC1. The Labute approximate surface area is 150 Å². The number of carbonyl (C=O) groups excluding carboxylic acids is 1. The molecule has 1 aromatic rings. The van der Waals surface area contributed by atoms with E-state index in [1.807, 2.05) is 4.90 Å². The lowest BCUT2D eigenvalue weighted by atomic mass is 9.91. The number of amides is 2. The lowest BCUT2D eigenvalue weighted by Gasteiger charge is -2.36. The van der Waals surface area contributed by atoms with Crippen LogP contribution in [0.2, 0.25) is 0 Å². The third kappa shape index (κ3) is 3.98. The van der Waals surface area contributed by atoms with Gasteiger partial charge >= 0.3 is 6.03 Å². The lowest BCUT2D eigenvalue weighted by molar-refractivity contribution is 0.0531. The molecule has 1 saturated heterocycles. The second-order valence-corrected chi connectivity index (χ2v) is 7.48. The fourth-order valence-corrected chi connectivity index (χ4v) is 4.08. The van der Waals surface area contributed by atoms with Crippen LogP contribution in [-0.2, 0) is 24.1 Å². The second-order valence-electron chi connectivity index (χ2n) is 7.48. The average Bonchev–Trinajstić information content (AvgIpc) is 2.81. The highest BCUT2D eigenvalue weighted by molar-refractivity contribution is 5.74. The van der Waals surface area contributed by atoms with E-state index < -0.39 is 0 Å². The Balaban J connectivity index is 1.33. The summed E-state index contributed by atoms with van der Waals surface area (Å²) in [5.74, 6) is 0. The number of hydrogen-bond acceptors (Lipinski definition) is 3. The number of benzene rings is 1. The molecule has 3 aliphatic rings. The van der Waals surface area contributed by atoms with Crippen molar-refractivity contribution in [1.29, 1.82) is 0 Å². The standard InChI is InChI=1S/C20H29N3O2/c24-20(23-10-12-25-13-11-23)21-15-16-4-5-17-6-8-22(19-2-1-3-19)9-7-18(17)14-16/h4-5,14,19H,1-3,6-13,15H2,(H,21,24). The molecule has 2 aliphatic heterocycles. The number of carbonyl (C=O) groups is 1. The summed E-state index contributed by atoms with van der Waals surface area (Å²) >= 11 is 0. The maximum Gasteiger partial charge on any atom is 0.317 e. The molecule has 0 bridgehead atoms. The quantitative estimate of drug-likeness (QED) is 0.915. The number of ether oxygens (including phenoxy) is 1. The van der Waals surface area contributed by atoms with Crippen LogP contribution in [0.25, 0.3) is 0 Å². The summed E-state index contributed by atoms with van der Waals surface area (Å²) < 4.78 is 5.30. The van der Waals surface area contributed by atoms with Gasteiger partial charge in [-0.25, -0.2) is 4.79 Å². The Kier molecular flexibility index (Phi) is 5.22. The van der Waals surface area contributed by atoms with Crippen molar-refractivity contribution in [3.05, 3.63) is 34.9 Å². The molecule has 136 valence electrons. The minimum absolute atomic E-state index is 0.0226. The number of nitrogens with one attached hydrogen (secondary N) is 1. The first-order valence-corrected chi connectivity index (χ1v) is 9.75. The monoisotopic (exact) mass is 343 g/mol. The Morgan fingerprint density at radius 1 is 1.08 bits per heavy atom. The summed E-state index contributed by atoms with van der Waals surface area (Å²) in [4.78, 5) is 16.7. The van der Waals surface area contributed by atoms with E-state index in [9.17, 15) is 4.79 Å². The van der Waals surface area contributed by atoms with Crippen LogP contribution in [-0.4, -0.2) is 61.3 Å². The van der Waals surface area contributed by atoms with Gasteiger partial charge < -0.3 is 15.0 Å². The topological polar surface area (TPSA) is 44.8 Å². The molecule has 2 heterocycles. The van der Waals surface area contributed by atoms with E-state index >= 15 is 0 Å². The van der Waals surface area contributed by atoms with Gasteiger partial charge in [0.05, 0.1) is 13.2 Å². The van der Waals surface area contributed by atoms with Crippen LogP contribution in [0.4, 0.5) is 4.79 Å². The smallest absolute Gasteiger partial charge is 0.317 e. The maximum absolute atomic E-state index is 12.2. The highest BCUT2D eigenvalue weighted by Gasteiger charge is 2.26. The van der Waals surface area contributed by atoms with Gasteiger partial charge in [-0.1, -0.05) is 24.6 Å². The molecule has 5 nitrogen and oxygen atoms in total. The van der Waals surface area contributed by atoms with Crippen molar-refractivity contribution in [2.24, 2.45) is 0 Å². The van der Waals surface area contributed by atoms with Crippen molar-refractivity contribution in [2.45, 2.75) is 44.7 Å². The Morgan fingerprint density at radius 2 is 1.84 bits per heavy atom. The van der Waals surface area contributed by atoms with Gasteiger partial charge in [-0.3, -0.25) is 4.90 Å². The molecule has 1 aromatic carbocycles. The summed E-state index contributed by atoms with van der Waals surface area (Å²) in [7, 11) is 0. The predicted molar refractivity (Wildman–Crippen MR) is 97.7 cm³/mol. The zero-order valence-corrected chi connectivity index (χ0v) is 15.0. The molecule has 1 N–H and O–H groups in total. The molecule has 1 saturated carbocycles. The van der Waals surface area contributed by atoms with E-state index in [-0.39, 0.29) is 6.03 Å². The van der Waals surface area contributed by atoms with E-state index in [4.69, 9.17) is 4.74 Å². The molecule has 2 fully saturated rings. The summed E-state index contributed by atoms with van der Waals surface area (Å²) in [5.41, 5.74) is 4.17. The van der Waals surface area contributed by atoms with Crippen molar-refractivity contribution in [3.8, 4) is 0 Å². The Morgan fingerprint density at radius 3 is 2.56 bits per heavy atom. The first-order chi connectivity index (χ1) is 12.3. The van der Waals surface area contributed by atoms with Crippen molar-refractivity contribution in [2.75, 3.05) is 39.4 Å². The van der Waals surface area contributed by atoms with Gasteiger partial charge in [0, 0.05) is 38.8 Å². The largest absolute Gasteiger partial charge is 0.378 e. The molecular formula is C20H29N3O2. The molecule has 0 spiro atoms. The highest BCUT2D eigenvalue weighted by atomic mass is 16.5. The van der Waals surface area contributed by atoms with E-state index in [0.717, 1.165) is 18.9 Å². The fourth-order valence-electron chi connectivity index (χ4n) is 4.08. The summed E-state index contributed by atoms with van der Waals surface area (Å²) in [6.07, 6.45) is 6.47. The zero-order valence-electron chi connectivity index (χ0n) is 15.0. The van der Waals surface area contributed by atoms with Gasteiger partial charge in [-0.15, -0.1) is 0 Å². The predicted octanol–water partition coefficient (Wildman–Crippen LogP) is 2.18. The highest BCUT2D eigenvalue weighted by Crippen LogP contribution is 2.27. The molecule has 0 radical (unpaired) electrons. The zero-order chi connectivity index (χ0) is 17.1. The van der Waals surface area contributed by atoms with Crippen LogP contribution < -0.4 is 5.32 Å². The van der Waals surface area contributed by atoms with Crippen molar-refractivity contribution in [3.63, 3.8) is 0 Å². The van der Waals surface area contributed by atoms with Gasteiger partial charge in [0.1, 0.15) is 0 Å². The lowest BCUT2D eigenvalue weighted by Crippen LogP contribution is -2.45. The van der Waals surface area contributed by atoms with Crippen LogP contribution >= 0.6 is 0 Å². The van der Waals surface area contributed by atoms with Crippen molar-refractivity contribution < 1.29 is 9.53 Å². The maximum atomic E-state index is 12.2. The number of morpholine rings is 1. The number of fused-ring (bicyclic) bond motifs is 1. The number of rotatable bonds is 3. The average molecular weight is 343 g/mol. The van der Waals surface area contributed by atoms with Crippen LogP contribution in [0.15, 0.2) is 18.2 Å². The van der Waals surface area contributed by atoms with Crippen LogP contribution in [0.1, 0.15) is 36.0 Å². The fraction of sp³-hybridized carbons (Fsp3) is 0.650. The van der Waals surface area contributed by atoms with E-state index in [2.05, 4.69) is 28.4 Å². The van der Waals surface area contributed by atoms with Gasteiger partial charge in [-0.05, 0) is 42.4 Å². The molecule has 0 atom stereocenters. The van der Waals surface area contributed by atoms with E-state index in [0.29, 0.717) is 32.8 Å². The van der Waals surface area contributed by atoms with Crippen LogP contribution in [0.5, 0.6) is 0 Å². The first-order valence-electron chi connectivity index (χ1n) is 9.75.